The number of halogens is 1. The number of aliphatic hydroxyl groups is 1. The highest BCUT2D eigenvalue weighted by atomic mass is 127. The number of hydroxylamine groups is 2. The summed E-state index contributed by atoms with van der Waals surface area (Å²) in [5.41, 5.74) is 9.95. The molecular formula is C26H40IN5O4. The summed E-state index contributed by atoms with van der Waals surface area (Å²) in [5, 5.41) is 19.4. The molecule has 1 aliphatic heterocycles. The van der Waals surface area contributed by atoms with E-state index >= 15 is 0 Å². The van der Waals surface area contributed by atoms with Gasteiger partial charge in [-0.25, -0.2) is 0 Å². The van der Waals surface area contributed by atoms with Crippen molar-refractivity contribution in [2.24, 2.45) is 34.2 Å². The standard InChI is InChI=1S/C26H40IN5O4/c1-14-11-20(15(2)16(3)26(14,5)6)30-25(34)23-22(17(4)33)21(12-29-31-28)36-32(23)13-18-9-8-10-19(27)24(18)35-7/h8-10,14-17,20-23,33H,11-13H2,1-7H3,(H,30,34)/t14-,15+,16+,17+,20+,21+,22-,23+/m1/s1. The minimum absolute atomic E-state index is 0.0235. The van der Waals surface area contributed by atoms with Crippen molar-refractivity contribution in [2.75, 3.05) is 13.7 Å². The maximum absolute atomic E-state index is 13.9. The average Bonchev–Trinajstić information content (AvgIpc) is 3.18. The first kappa shape index (κ1) is 29.0. The highest BCUT2D eigenvalue weighted by Gasteiger charge is 2.51. The molecule has 1 heterocycles. The minimum atomic E-state index is -0.844. The number of carbonyl (C=O) groups is 1. The van der Waals surface area contributed by atoms with Crippen molar-refractivity contribution in [2.45, 2.75) is 78.8 Å². The first-order chi connectivity index (χ1) is 16.9. The Morgan fingerprint density at radius 1 is 1.42 bits per heavy atom. The number of methoxy groups -OCH3 is 1. The molecule has 10 heteroatoms. The molecule has 200 valence electrons. The van der Waals surface area contributed by atoms with Crippen LogP contribution < -0.4 is 10.1 Å². The Balaban J connectivity index is 1.92. The Labute approximate surface area is 228 Å². The zero-order valence-electron chi connectivity index (χ0n) is 22.3. The SMILES string of the molecule is COc1c(I)cccc1CN1O[C@@H](CN=[N+]=[N-])[C@@H]([C@H](C)O)[C@H]1C(=O)N[C@H]1C[C@@H](C)C(C)(C)[C@@H](C)[C@@H]1C. The second kappa shape index (κ2) is 11.9. The zero-order valence-corrected chi connectivity index (χ0v) is 24.5. The Bertz CT molecular complexity index is 983. The second-order valence-electron chi connectivity index (χ2n) is 11.0. The van der Waals surface area contributed by atoms with Crippen LogP contribution in [0.15, 0.2) is 23.3 Å². The number of amides is 1. The molecule has 1 amide bonds. The molecule has 1 aliphatic carbocycles. The van der Waals surface area contributed by atoms with E-state index in [0.29, 0.717) is 17.8 Å². The molecule has 9 nitrogen and oxygen atoms in total. The molecular weight excluding hydrogens is 573 g/mol. The summed E-state index contributed by atoms with van der Waals surface area (Å²) >= 11 is 2.21. The van der Waals surface area contributed by atoms with Crippen LogP contribution in [0.4, 0.5) is 0 Å². The van der Waals surface area contributed by atoms with Crippen molar-refractivity contribution in [1.82, 2.24) is 10.4 Å². The summed E-state index contributed by atoms with van der Waals surface area (Å²) in [5.74, 6) is 1.17. The number of hydrogen-bond donors (Lipinski definition) is 2. The molecule has 3 rings (SSSR count). The highest BCUT2D eigenvalue weighted by molar-refractivity contribution is 14.1. The lowest BCUT2D eigenvalue weighted by atomic mass is 9.58. The third kappa shape index (κ3) is 5.78. The molecule has 2 aliphatic rings. The molecule has 1 aromatic carbocycles. The molecule has 8 atom stereocenters. The number of ether oxygens (including phenoxy) is 1. The van der Waals surface area contributed by atoms with Crippen LogP contribution in [-0.2, 0) is 16.2 Å². The van der Waals surface area contributed by atoms with E-state index in [2.05, 4.69) is 72.6 Å². The number of hydrogen-bond acceptors (Lipinski definition) is 6. The van der Waals surface area contributed by atoms with Gasteiger partial charge in [0, 0.05) is 22.4 Å². The van der Waals surface area contributed by atoms with E-state index in [1.807, 2.05) is 18.2 Å². The molecule has 2 N–H and O–H groups in total. The van der Waals surface area contributed by atoms with Gasteiger partial charge in [0.1, 0.15) is 11.8 Å². The van der Waals surface area contributed by atoms with Crippen molar-refractivity contribution in [1.29, 1.82) is 0 Å². The average molecular weight is 614 g/mol. The molecule has 0 spiro atoms. The molecule has 36 heavy (non-hydrogen) atoms. The van der Waals surface area contributed by atoms with Gasteiger partial charge in [-0.05, 0) is 70.7 Å². The van der Waals surface area contributed by atoms with Gasteiger partial charge in [-0.3, -0.25) is 9.63 Å². The quantitative estimate of drug-likeness (QED) is 0.187. The summed E-state index contributed by atoms with van der Waals surface area (Å²) in [6, 6.07) is 5.10. The van der Waals surface area contributed by atoms with Gasteiger partial charge in [-0.2, -0.15) is 5.06 Å². The number of nitrogens with one attached hydrogen (secondary N) is 1. The Morgan fingerprint density at radius 2 is 2.11 bits per heavy atom. The number of rotatable bonds is 8. The van der Waals surface area contributed by atoms with Crippen LogP contribution in [-0.4, -0.2) is 54.0 Å². The lowest BCUT2D eigenvalue weighted by Gasteiger charge is -2.50. The van der Waals surface area contributed by atoms with Crippen LogP contribution in [0.1, 0.15) is 53.5 Å². The topological polar surface area (TPSA) is 120 Å². The summed E-state index contributed by atoms with van der Waals surface area (Å²) in [6.45, 7) is 13.3. The maximum atomic E-state index is 13.9. The molecule has 1 saturated carbocycles. The maximum Gasteiger partial charge on any atom is 0.240 e. The number of carbonyl (C=O) groups excluding carboxylic acids is 1. The number of nitrogens with zero attached hydrogens (tertiary/aromatic N) is 4. The molecule has 1 aromatic rings. The first-order valence-electron chi connectivity index (χ1n) is 12.7. The third-order valence-corrected chi connectivity index (χ3v) is 9.76. The lowest BCUT2D eigenvalue weighted by molar-refractivity contribution is -0.174. The normalized spacial score (nSPS) is 33.0. The van der Waals surface area contributed by atoms with Gasteiger partial charge in [0.25, 0.3) is 0 Å². The number of para-hydroxylation sites is 1. The monoisotopic (exact) mass is 613 g/mol. The third-order valence-electron chi connectivity index (χ3n) is 8.91. The van der Waals surface area contributed by atoms with Crippen LogP contribution in [0.25, 0.3) is 10.4 Å². The predicted molar refractivity (Wildman–Crippen MR) is 147 cm³/mol. The first-order valence-corrected chi connectivity index (χ1v) is 13.8. The molecule has 0 aromatic heterocycles. The van der Waals surface area contributed by atoms with Crippen molar-refractivity contribution in [3.05, 3.63) is 37.8 Å². The molecule has 0 bridgehead atoms. The molecule has 0 unspecified atom stereocenters. The van der Waals surface area contributed by atoms with Crippen LogP contribution in [0.2, 0.25) is 0 Å². The number of azide groups is 1. The van der Waals surface area contributed by atoms with E-state index in [9.17, 15) is 9.90 Å². The number of benzene rings is 1. The minimum Gasteiger partial charge on any atom is -0.495 e. The Morgan fingerprint density at radius 3 is 2.72 bits per heavy atom. The van der Waals surface area contributed by atoms with E-state index in [-0.39, 0.29) is 30.5 Å². The highest BCUT2D eigenvalue weighted by Crippen LogP contribution is 2.47. The van der Waals surface area contributed by atoms with Gasteiger partial charge in [0.05, 0.1) is 36.0 Å². The van der Waals surface area contributed by atoms with E-state index in [1.54, 1.807) is 19.1 Å². The Kier molecular flexibility index (Phi) is 9.54. The van der Waals surface area contributed by atoms with E-state index < -0.39 is 24.2 Å². The van der Waals surface area contributed by atoms with Gasteiger partial charge < -0.3 is 15.2 Å². The van der Waals surface area contributed by atoms with Gasteiger partial charge in [0.2, 0.25) is 5.91 Å². The predicted octanol–water partition coefficient (Wildman–Crippen LogP) is 4.91. The van der Waals surface area contributed by atoms with E-state index in [4.69, 9.17) is 15.1 Å². The number of aliphatic hydroxyl groups excluding tert-OH is 1. The fourth-order valence-electron chi connectivity index (χ4n) is 5.90. The summed E-state index contributed by atoms with van der Waals surface area (Å²) < 4.78 is 6.57. The summed E-state index contributed by atoms with van der Waals surface area (Å²) in [4.78, 5) is 23.0. The molecule has 2 fully saturated rings. The van der Waals surface area contributed by atoms with Crippen LogP contribution in [0.5, 0.6) is 5.75 Å². The van der Waals surface area contributed by atoms with Gasteiger partial charge in [0.15, 0.2) is 0 Å². The largest absolute Gasteiger partial charge is 0.495 e. The van der Waals surface area contributed by atoms with E-state index in [0.717, 1.165) is 21.3 Å². The van der Waals surface area contributed by atoms with Crippen molar-refractivity contribution < 1.29 is 19.5 Å². The second-order valence-corrected chi connectivity index (χ2v) is 12.2. The Hall–Kier alpha value is -1.59. The fourth-order valence-corrected chi connectivity index (χ4v) is 6.67. The van der Waals surface area contributed by atoms with Crippen LogP contribution in [0, 0.1) is 32.7 Å². The van der Waals surface area contributed by atoms with E-state index in [1.165, 1.54) is 0 Å². The van der Waals surface area contributed by atoms with Crippen molar-refractivity contribution in [3.63, 3.8) is 0 Å². The fraction of sp³-hybridized carbons (Fsp3) is 0.731. The van der Waals surface area contributed by atoms with Crippen LogP contribution >= 0.6 is 22.6 Å². The van der Waals surface area contributed by atoms with Crippen LogP contribution in [0.3, 0.4) is 0 Å². The zero-order chi connectivity index (χ0) is 26.8. The van der Waals surface area contributed by atoms with Crippen molar-refractivity contribution in [3.8, 4) is 5.75 Å². The summed E-state index contributed by atoms with van der Waals surface area (Å²) in [7, 11) is 1.62. The van der Waals surface area contributed by atoms with Gasteiger partial charge >= 0.3 is 0 Å². The smallest absolute Gasteiger partial charge is 0.240 e. The van der Waals surface area contributed by atoms with Gasteiger partial charge in [-0.1, -0.05) is 51.9 Å². The van der Waals surface area contributed by atoms with Crippen molar-refractivity contribution >= 4 is 28.5 Å². The van der Waals surface area contributed by atoms with Gasteiger partial charge in [-0.15, -0.1) is 0 Å². The molecule has 0 radical (unpaired) electrons. The lowest BCUT2D eigenvalue weighted by Crippen LogP contribution is -2.56. The summed E-state index contributed by atoms with van der Waals surface area (Å²) in [6.07, 6.45) is -0.571. The molecule has 1 saturated heterocycles.